The molecule has 23 heavy (non-hydrogen) atoms. The molecule has 0 unspecified atom stereocenters. The van der Waals surface area contributed by atoms with Crippen LogP contribution in [0, 0.1) is 0 Å². The number of anilines is 1. The molecule has 0 spiro atoms. The third kappa shape index (κ3) is 2.78. The molecule has 0 radical (unpaired) electrons. The van der Waals surface area contributed by atoms with E-state index in [2.05, 4.69) is 15.3 Å². The molecule has 8 nitrogen and oxygen atoms in total. The fraction of sp³-hybridized carbons (Fsp3) is 0.200. The first-order chi connectivity index (χ1) is 11.1. The second-order valence-corrected chi connectivity index (χ2v) is 4.97. The highest BCUT2D eigenvalue weighted by molar-refractivity contribution is 6.02. The van der Waals surface area contributed by atoms with Crippen molar-refractivity contribution in [2.45, 2.75) is 19.9 Å². The number of oxazole rings is 1. The maximum Gasteiger partial charge on any atom is 0.295 e. The quantitative estimate of drug-likeness (QED) is 0.745. The number of amides is 2. The molecule has 0 bridgehead atoms. The van der Waals surface area contributed by atoms with Crippen molar-refractivity contribution in [3.05, 3.63) is 42.1 Å². The minimum atomic E-state index is -0.524. The SMILES string of the molecule is CCCn1c(NC(=O)c2cnco2)nc2cc(C(N)=O)ccc21. The van der Waals surface area contributed by atoms with E-state index < -0.39 is 11.8 Å². The van der Waals surface area contributed by atoms with Crippen LogP contribution in [0.5, 0.6) is 0 Å². The third-order valence-corrected chi connectivity index (χ3v) is 3.36. The highest BCUT2D eigenvalue weighted by atomic mass is 16.3. The Morgan fingerprint density at radius 1 is 1.39 bits per heavy atom. The summed E-state index contributed by atoms with van der Waals surface area (Å²) in [5.74, 6) is -0.489. The minimum absolute atomic E-state index is 0.0953. The Kier molecular flexibility index (Phi) is 3.80. The van der Waals surface area contributed by atoms with Crippen LogP contribution >= 0.6 is 0 Å². The Bertz CT molecular complexity index is 867. The summed E-state index contributed by atoms with van der Waals surface area (Å²) in [4.78, 5) is 31.5. The smallest absolute Gasteiger partial charge is 0.295 e. The fourth-order valence-electron chi connectivity index (χ4n) is 2.32. The fourth-order valence-corrected chi connectivity index (χ4v) is 2.32. The standard InChI is InChI=1S/C15H15N5O3/c1-2-5-20-11-4-3-9(13(16)21)6-10(11)18-15(20)19-14(22)12-7-17-8-23-12/h3-4,6-8H,2,5H2,1H3,(H2,16,21)(H,18,19,22). The van der Waals surface area contributed by atoms with E-state index in [-0.39, 0.29) is 5.76 Å². The van der Waals surface area contributed by atoms with E-state index in [4.69, 9.17) is 10.2 Å². The number of aryl methyl sites for hydroxylation is 1. The number of benzene rings is 1. The highest BCUT2D eigenvalue weighted by Crippen LogP contribution is 2.22. The average Bonchev–Trinajstić information content (AvgIpc) is 3.16. The molecule has 8 heteroatoms. The summed E-state index contributed by atoms with van der Waals surface area (Å²) in [5.41, 5.74) is 7.05. The molecule has 2 aromatic heterocycles. The summed E-state index contributed by atoms with van der Waals surface area (Å²) in [6.07, 6.45) is 3.37. The van der Waals surface area contributed by atoms with E-state index in [0.29, 0.717) is 23.6 Å². The van der Waals surface area contributed by atoms with Crippen molar-refractivity contribution < 1.29 is 14.0 Å². The molecule has 1 aromatic carbocycles. The molecule has 2 heterocycles. The summed E-state index contributed by atoms with van der Waals surface area (Å²) in [7, 11) is 0. The molecule has 0 aliphatic heterocycles. The Morgan fingerprint density at radius 2 is 2.22 bits per heavy atom. The van der Waals surface area contributed by atoms with Gasteiger partial charge in [0.25, 0.3) is 5.91 Å². The van der Waals surface area contributed by atoms with E-state index in [1.807, 2.05) is 11.5 Å². The van der Waals surface area contributed by atoms with E-state index in [1.54, 1.807) is 18.2 Å². The number of nitrogens with one attached hydrogen (secondary N) is 1. The number of imidazole rings is 1. The molecule has 118 valence electrons. The summed E-state index contributed by atoms with van der Waals surface area (Å²) >= 11 is 0. The van der Waals surface area contributed by atoms with Crippen LogP contribution in [0.2, 0.25) is 0 Å². The number of hydrogen-bond donors (Lipinski definition) is 2. The number of aromatic nitrogens is 3. The van der Waals surface area contributed by atoms with Crippen molar-refractivity contribution in [2.75, 3.05) is 5.32 Å². The molecule has 0 fully saturated rings. The van der Waals surface area contributed by atoms with Crippen molar-refractivity contribution >= 4 is 28.8 Å². The van der Waals surface area contributed by atoms with Gasteiger partial charge in [-0.05, 0) is 24.6 Å². The molecular weight excluding hydrogens is 298 g/mol. The monoisotopic (exact) mass is 313 g/mol. The number of primary amides is 1. The van der Waals surface area contributed by atoms with Crippen LogP contribution in [0.3, 0.4) is 0 Å². The van der Waals surface area contributed by atoms with E-state index in [0.717, 1.165) is 11.9 Å². The molecule has 0 saturated heterocycles. The Morgan fingerprint density at radius 3 is 2.87 bits per heavy atom. The number of carbonyl (C=O) groups excluding carboxylic acids is 2. The van der Waals surface area contributed by atoms with Crippen LogP contribution in [0.15, 0.2) is 35.2 Å². The number of carbonyl (C=O) groups is 2. The van der Waals surface area contributed by atoms with Crippen LogP contribution in [-0.2, 0) is 6.54 Å². The largest absolute Gasteiger partial charge is 0.438 e. The third-order valence-electron chi connectivity index (χ3n) is 3.36. The van der Waals surface area contributed by atoms with Gasteiger partial charge in [0.15, 0.2) is 6.39 Å². The van der Waals surface area contributed by atoms with Crippen molar-refractivity contribution in [1.29, 1.82) is 0 Å². The zero-order chi connectivity index (χ0) is 16.4. The number of nitrogens with two attached hydrogens (primary N) is 1. The lowest BCUT2D eigenvalue weighted by molar-refractivity contribution is 0.0989. The number of nitrogens with zero attached hydrogens (tertiary/aromatic N) is 3. The molecule has 0 aliphatic carbocycles. The lowest BCUT2D eigenvalue weighted by Gasteiger charge is -2.07. The number of rotatable bonds is 5. The van der Waals surface area contributed by atoms with Crippen molar-refractivity contribution in [3.63, 3.8) is 0 Å². The molecular formula is C15H15N5O3. The molecule has 2 amide bonds. The Hall–Kier alpha value is -3.16. The summed E-state index contributed by atoms with van der Waals surface area (Å²) in [6, 6.07) is 5.01. The molecule has 3 rings (SSSR count). The Balaban J connectivity index is 2.02. The van der Waals surface area contributed by atoms with Gasteiger partial charge in [-0.1, -0.05) is 6.92 Å². The first-order valence-corrected chi connectivity index (χ1v) is 7.10. The molecule has 0 atom stereocenters. The first kappa shape index (κ1) is 14.8. The van der Waals surface area contributed by atoms with Crippen molar-refractivity contribution in [1.82, 2.24) is 14.5 Å². The van der Waals surface area contributed by atoms with E-state index in [1.165, 1.54) is 12.6 Å². The molecule has 3 N–H and O–H groups in total. The number of hydrogen-bond acceptors (Lipinski definition) is 5. The zero-order valence-electron chi connectivity index (χ0n) is 12.4. The molecule has 0 aliphatic rings. The molecule has 0 saturated carbocycles. The van der Waals surface area contributed by atoms with Gasteiger partial charge in [0.1, 0.15) is 0 Å². The van der Waals surface area contributed by atoms with Gasteiger partial charge in [0.2, 0.25) is 17.6 Å². The van der Waals surface area contributed by atoms with Crippen LogP contribution in [0.25, 0.3) is 11.0 Å². The predicted octanol–water partition coefficient (Wildman–Crippen LogP) is 1.79. The van der Waals surface area contributed by atoms with E-state index >= 15 is 0 Å². The lowest BCUT2D eigenvalue weighted by Crippen LogP contribution is -2.15. The summed E-state index contributed by atoms with van der Waals surface area (Å²) in [6.45, 7) is 2.68. The van der Waals surface area contributed by atoms with Crippen LogP contribution in [0.1, 0.15) is 34.3 Å². The van der Waals surface area contributed by atoms with Gasteiger partial charge in [0, 0.05) is 12.1 Å². The van der Waals surface area contributed by atoms with Gasteiger partial charge in [-0.3, -0.25) is 14.9 Å². The second-order valence-electron chi connectivity index (χ2n) is 4.97. The normalized spacial score (nSPS) is 10.8. The van der Waals surface area contributed by atoms with Gasteiger partial charge >= 0.3 is 0 Å². The highest BCUT2D eigenvalue weighted by Gasteiger charge is 2.16. The predicted molar refractivity (Wildman–Crippen MR) is 83.0 cm³/mol. The lowest BCUT2D eigenvalue weighted by atomic mass is 10.2. The maximum atomic E-state index is 12.1. The van der Waals surface area contributed by atoms with Crippen molar-refractivity contribution in [2.24, 2.45) is 5.73 Å². The second kappa shape index (κ2) is 5.91. The Labute approximate surface area is 131 Å². The minimum Gasteiger partial charge on any atom is -0.438 e. The zero-order valence-corrected chi connectivity index (χ0v) is 12.4. The van der Waals surface area contributed by atoms with Gasteiger partial charge in [-0.15, -0.1) is 0 Å². The van der Waals surface area contributed by atoms with Gasteiger partial charge in [0.05, 0.1) is 17.2 Å². The van der Waals surface area contributed by atoms with Crippen molar-refractivity contribution in [3.8, 4) is 0 Å². The van der Waals surface area contributed by atoms with Gasteiger partial charge in [-0.2, -0.15) is 0 Å². The first-order valence-electron chi connectivity index (χ1n) is 7.10. The van der Waals surface area contributed by atoms with Crippen LogP contribution < -0.4 is 11.1 Å². The van der Waals surface area contributed by atoms with Gasteiger partial charge in [-0.25, -0.2) is 9.97 Å². The summed E-state index contributed by atoms with van der Waals surface area (Å²) < 4.78 is 6.84. The van der Waals surface area contributed by atoms with Crippen LogP contribution in [0.4, 0.5) is 5.95 Å². The molecule has 3 aromatic rings. The van der Waals surface area contributed by atoms with Gasteiger partial charge < -0.3 is 14.7 Å². The topological polar surface area (TPSA) is 116 Å². The van der Waals surface area contributed by atoms with Crippen LogP contribution in [-0.4, -0.2) is 26.3 Å². The average molecular weight is 313 g/mol. The number of fused-ring (bicyclic) bond motifs is 1. The maximum absolute atomic E-state index is 12.1. The van der Waals surface area contributed by atoms with E-state index in [9.17, 15) is 9.59 Å². The summed E-state index contributed by atoms with van der Waals surface area (Å²) in [5, 5.41) is 2.70.